The molecule has 0 aromatic carbocycles. The van der Waals surface area contributed by atoms with Crippen LogP contribution in [0.3, 0.4) is 0 Å². The van der Waals surface area contributed by atoms with Gasteiger partial charge in [-0.1, -0.05) is 290 Å². The second kappa shape index (κ2) is 66.3. The minimum Gasteiger partial charge on any atom is -0.462 e. The van der Waals surface area contributed by atoms with E-state index in [0.717, 1.165) is 128 Å². The van der Waals surface area contributed by atoms with E-state index in [4.69, 9.17) is 14.2 Å². The van der Waals surface area contributed by atoms with Gasteiger partial charge in [-0.3, -0.25) is 14.4 Å². The van der Waals surface area contributed by atoms with Crippen molar-refractivity contribution < 1.29 is 28.6 Å². The minimum absolute atomic E-state index is 0.0870. The number of allylic oxidation sites excluding steroid dienone is 20. The van der Waals surface area contributed by atoms with Crippen LogP contribution in [-0.2, 0) is 28.6 Å². The zero-order chi connectivity index (χ0) is 57.1. The lowest BCUT2D eigenvalue weighted by Crippen LogP contribution is -2.30. The fraction of sp³-hybridized carbons (Fsp3) is 0.685. The normalized spacial score (nSPS) is 12.9. The molecule has 0 spiro atoms. The maximum absolute atomic E-state index is 12.9. The molecule has 0 aliphatic rings. The van der Waals surface area contributed by atoms with Crippen molar-refractivity contribution in [2.24, 2.45) is 0 Å². The van der Waals surface area contributed by atoms with Crippen LogP contribution in [0, 0.1) is 0 Å². The number of hydrogen-bond acceptors (Lipinski definition) is 6. The van der Waals surface area contributed by atoms with Gasteiger partial charge >= 0.3 is 17.9 Å². The Morgan fingerprint density at radius 2 is 0.494 bits per heavy atom. The first-order valence-electron chi connectivity index (χ1n) is 33.0. The highest BCUT2D eigenvalue weighted by molar-refractivity contribution is 5.71. The molecule has 0 N–H and O–H groups in total. The molecular weight excluding hydrogens is 973 g/mol. The molecule has 6 nitrogen and oxygen atoms in total. The minimum atomic E-state index is -0.791. The van der Waals surface area contributed by atoms with Gasteiger partial charge in [0.25, 0.3) is 0 Å². The number of ether oxygens (including phenoxy) is 3. The van der Waals surface area contributed by atoms with Crippen molar-refractivity contribution in [3.05, 3.63) is 122 Å². The van der Waals surface area contributed by atoms with Gasteiger partial charge in [-0.05, 0) is 116 Å². The van der Waals surface area contributed by atoms with Crippen LogP contribution in [0.4, 0.5) is 0 Å². The highest BCUT2D eigenvalue weighted by Gasteiger charge is 2.19. The van der Waals surface area contributed by atoms with Crippen molar-refractivity contribution in [2.45, 2.75) is 309 Å². The van der Waals surface area contributed by atoms with Crippen LogP contribution in [-0.4, -0.2) is 37.2 Å². The highest BCUT2D eigenvalue weighted by atomic mass is 16.6. The fourth-order valence-electron chi connectivity index (χ4n) is 9.02. The molecule has 79 heavy (non-hydrogen) atoms. The summed E-state index contributed by atoms with van der Waals surface area (Å²) in [7, 11) is 0. The van der Waals surface area contributed by atoms with Crippen LogP contribution in [0.5, 0.6) is 0 Å². The molecule has 0 aliphatic heterocycles. The van der Waals surface area contributed by atoms with E-state index < -0.39 is 6.10 Å². The molecule has 1 atom stereocenters. The van der Waals surface area contributed by atoms with Gasteiger partial charge in [0, 0.05) is 19.3 Å². The molecule has 0 heterocycles. The molecule has 0 rings (SSSR count). The van der Waals surface area contributed by atoms with Crippen LogP contribution < -0.4 is 0 Å². The lowest BCUT2D eigenvalue weighted by molar-refractivity contribution is -0.167. The number of carbonyl (C=O) groups is 3. The number of rotatable bonds is 59. The summed E-state index contributed by atoms with van der Waals surface area (Å²) in [6.45, 7) is 6.49. The second-order valence-electron chi connectivity index (χ2n) is 21.6. The first kappa shape index (κ1) is 74.8. The van der Waals surface area contributed by atoms with Gasteiger partial charge in [-0.25, -0.2) is 0 Å². The molecule has 0 aromatic rings. The third-order valence-electron chi connectivity index (χ3n) is 14.0. The van der Waals surface area contributed by atoms with Gasteiger partial charge in [0.2, 0.25) is 0 Å². The van der Waals surface area contributed by atoms with Crippen molar-refractivity contribution in [2.75, 3.05) is 13.2 Å². The molecule has 0 radical (unpaired) electrons. The summed E-state index contributed by atoms with van der Waals surface area (Å²) in [6, 6.07) is 0. The van der Waals surface area contributed by atoms with Crippen LogP contribution in [0.2, 0.25) is 0 Å². The van der Waals surface area contributed by atoms with Crippen molar-refractivity contribution in [1.82, 2.24) is 0 Å². The second-order valence-corrected chi connectivity index (χ2v) is 21.6. The Balaban J connectivity index is 4.29. The lowest BCUT2D eigenvalue weighted by atomic mass is 10.0. The molecule has 0 saturated heterocycles. The van der Waals surface area contributed by atoms with Crippen LogP contribution >= 0.6 is 0 Å². The van der Waals surface area contributed by atoms with Crippen molar-refractivity contribution in [3.8, 4) is 0 Å². The van der Waals surface area contributed by atoms with Crippen molar-refractivity contribution in [1.29, 1.82) is 0 Å². The molecular formula is C73H122O6. The average Bonchev–Trinajstić information content (AvgIpc) is 3.45. The topological polar surface area (TPSA) is 78.9 Å². The first-order valence-corrected chi connectivity index (χ1v) is 33.0. The fourth-order valence-corrected chi connectivity index (χ4v) is 9.02. The summed E-state index contributed by atoms with van der Waals surface area (Å²) in [6.07, 6.45) is 92.2. The van der Waals surface area contributed by atoms with Crippen LogP contribution in [0.25, 0.3) is 0 Å². The Morgan fingerprint density at radius 1 is 0.266 bits per heavy atom. The quantitative estimate of drug-likeness (QED) is 0.0261. The smallest absolute Gasteiger partial charge is 0.306 e. The van der Waals surface area contributed by atoms with E-state index in [2.05, 4.69) is 142 Å². The van der Waals surface area contributed by atoms with Crippen LogP contribution in [0.15, 0.2) is 122 Å². The summed E-state index contributed by atoms with van der Waals surface area (Å²) in [5, 5.41) is 0. The monoisotopic (exact) mass is 1090 g/mol. The number of esters is 3. The number of hydrogen-bond donors (Lipinski definition) is 0. The van der Waals surface area contributed by atoms with E-state index in [1.54, 1.807) is 0 Å². The molecule has 0 aromatic heterocycles. The van der Waals surface area contributed by atoms with E-state index >= 15 is 0 Å². The Hall–Kier alpha value is -4.19. The predicted octanol–water partition coefficient (Wildman–Crippen LogP) is 22.8. The molecule has 6 heteroatoms. The maximum atomic E-state index is 12.9. The van der Waals surface area contributed by atoms with Crippen LogP contribution in [0.1, 0.15) is 303 Å². The number of carbonyl (C=O) groups excluding carboxylic acids is 3. The van der Waals surface area contributed by atoms with Gasteiger partial charge in [-0.15, -0.1) is 0 Å². The first-order chi connectivity index (χ1) is 39.0. The summed E-state index contributed by atoms with van der Waals surface area (Å²) in [5.74, 6) is -0.912. The summed E-state index contributed by atoms with van der Waals surface area (Å²) < 4.78 is 16.9. The number of unbranched alkanes of at least 4 members (excludes halogenated alkanes) is 28. The van der Waals surface area contributed by atoms with Gasteiger partial charge in [0.05, 0.1) is 0 Å². The molecule has 0 saturated carbocycles. The highest BCUT2D eigenvalue weighted by Crippen LogP contribution is 2.16. The van der Waals surface area contributed by atoms with E-state index in [-0.39, 0.29) is 31.1 Å². The average molecular weight is 1100 g/mol. The predicted molar refractivity (Wildman–Crippen MR) is 343 cm³/mol. The zero-order valence-corrected chi connectivity index (χ0v) is 51.6. The third kappa shape index (κ3) is 64.5. The summed E-state index contributed by atoms with van der Waals surface area (Å²) in [5.41, 5.74) is 0. The van der Waals surface area contributed by atoms with Gasteiger partial charge < -0.3 is 14.2 Å². The van der Waals surface area contributed by atoms with Gasteiger partial charge in [0.15, 0.2) is 6.10 Å². The van der Waals surface area contributed by atoms with Crippen molar-refractivity contribution in [3.63, 3.8) is 0 Å². The van der Waals surface area contributed by atoms with Crippen molar-refractivity contribution >= 4 is 17.9 Å². The largest absolute Gasteiger partial charge is 0.462 e. The van der Waals surface area contributed by atoms with E-state index in [1.165, 1.54) is 135 Å². The molecule has 1 unspecified atom stereocenters. The molecule has 0 bridgehead atoms. The standard InChI is InChI=1S/C73H122O6/c1-4-7-10-13-16-19-21-23-25-27-29-31-33-34-35-36-37-38-40-41-43-45-47-49-51-54-57-60-63-66-72(75)78-69-70(68-77-71(74)65-62-59-56-53-18-15-12-9-6-3)79-73(76)67-64-61-58-55-52-50-48-46-44-42-39-32-30-28-26-24-22-20-17-14-11-8-5-2/h7,10,16,19,22-25,28-31,34-35,37-38,41,43,47,49,70H,4-6,8-9,11-15,17-18,20-21,26-27,32-33,36,39-40,42,44-46,48,50-69H2,1-3H3/b10-7-,19-16-,24-22-,25-23-,30-28-,31-29-,35-34-,38-37-,43-41-,49-47-. The Labute approximate surface area is 488 Å². The molecule has 0 amide bonds. The van der Waals surface area contributed by atoms with Gasteiger partial charge in [-0.2, -0.15) is 0 Å². The lowest BCUT2D eigenvalue weighted by Gasteiger charge is -2.18. The summed E-state index contributed by atoms with van der Waals surface area (Å²) >= 11 is 0. The van der Waals surface area contributed by atoms with E-state index in [0.29, 0.717) is 19.3 Å². The van der Waals surface area contributed by atoms with E-state index in [9.17, 15) is 14.4 Å². The molecule has 0 fully saturated rings. The van der Waals surface area contributed by atoms with E-state index in [1.807, 2.05) is 0 Å². The Bertz CT molecular complexity index is 1640. The Kier molecular flexibility index (Phi) is 62.8. The molecule has 0 aliphatic carbocycles. The SMILES string of the molecule is CC/C=C\C/C=C\C/C=C\C/C=C\C/C=C\C/C=C\C/C=C\C/C=C\CCCCCCC(=O)OCC(COC(=O)CCCCCCCCCCC)OC(=O)CCCCCCCCCCCCC/C=C\C/C=C\CCCCCCC. The Morgan fingerprint density at radius 3 is 0.772 bits per heavy atom. The van der Waals surface area contributed by atoms with Gasteiger partial charge in [0.1, 0.15) is 13.2 Å². The summed E-state index contributed by atoms with van der Waals surface area (Å²) in [4.78, 5) is 38.2. The maximum Gasteiger partial charge on any atom is 0.306 e. The molecule has 450 valence electrons. The zero-order valence-electron chi connectivity index (χ0n) is 51.6. The third-order valence-corrected chi connectivity index (χ3v) is 14.0.